The van der Waals surface area contributed by atoms with Crippen LogP contribution in [0.2, 0.25) is 4.34 Å². The first-order valence-electron chi connectivity index (χ1n) is 5.71. The molecule has 1 aromatic heterocycles. The smallest absolute Gasteiger partial charge is 0.312 e. The van der Waals surface area contributed by atoms with Crippen molar-refractivity contribution in [3.8, 4) is 0 Å². The summed E-state index contributed by atoms with van der Waals surface area (Å²) < 4.78 is 5.67. The van der Waals surface area contributed by atoms with E-state index in [1.807, 2.05) is 13.0 Å². The topological polar surface area (TPSA) is 55.4 Å². The van der Waals surface area contributed by atoms with Crippen LogP contribution in [0.25, 0.3) is 0 Å². The summed E-state index contributed by atoms with van der Waals surface area (Å²) >= 11 is 7.28. The highest BCUT2D eigenvalue weighted by Crippen LogP contribution is 2.41. The molecule has 1 unspecified atom stereocenters. The highest BCUT2D eigenvalue weighted by Gasteiger charge is 2.49. The fourth-order valence-electron chi connectivity index (χ4n) is 2.21. The van der Waals surface area contributed by atoms with Gasteiger partial charge < -0.3 is 10.1 Å². The number of rotatable bonds is 3. The molecular weight excluding hydrogens is 274 g/mol. The van der Waals surface area contributed by atoms with Crippen LogP contribution in [0.4, 0.5) is 0 Å². The van der Waals surface area contributed by atoms with Crippen LogP contribution < -0.4 is 5.32 Å². The number of hydrogen-bond acceptors (Lipinski definition) is 4. The molecule has 2 rings (SSSR count). The molecule has 1 aromatic rings. The minimum Gasteiger partial charge on any atom is -0.466 e. The van der Waals surface area contributed by atoms with E-state index >= 15 is 0 Å². The summed E-state index contributed by atoms with van der Waals surface area (Å²) in [7, 11) is 0. The van der Waals surface area contributed by atoms with Gasteiger partial charge in [0.05, 0.1) is 22.4 Å². The Balaban J connectivity index is 2.33. The maximum absolute atomic E-state index is 11.9. The summed E-state index contributed by atoms with van der Waals surface area (Å²) in [6, 6.07) is 3.60. The van der Waals surface area contributed by atoms with Crippen molar-refractivity contribution >= 4 is 34.8 Å². The lowest BCUT2D eigenvalue weighted by atomic mass is 9.86. The molecule has 1 aliphatic heterocycles. The molecular formula is C12H14ClNO3S. The molecule has 4 nitrogen and oxygen atoms in total. The number of esters is 1. The summed E-state index contributed by atoms with van der Waals surface area (Å²) in [5.74, 6) is -0.984. The Morgan fingerprint density at radius 2 is 2.39 bits per heavy atom. The van der Waals surface area contributed by atoms with Crippen LogP contribution in [0.5, 0.6) is 0 Å². The van der Waals surface area contributed by atoms with Gasteiger partial charge in [-0.2, -0.15) is 0 Å². The van der Waals surface area contributed by atoms with E-state index in [0.717, 1.165) is 4.88 Å². The van der Waals surface area contributed by atoms with Gasteiger partial charge in [0.2, 0.25) is 5.91 Å². The normalized spacial score (nSPS) is 27.1. The van der Waals surface area contributed by atoms with E-state index in [4.69, 9.17) is 16.3 Å². The average Bonchev–Trinajstić information content (AvgIpc) is 2.84. The van der Waals surface area contributed by atoms with Crippen LogP contribution in [0.15, 0.2) is 12.1 Å². The predicted octanol–water partition coefficient (Wildman–Crippen LogP) is 2.32. The van der Waals surface area contributed by atoms with E-state index in [1.165, 1.54) is 11.3 Å². The Labute approximate surface area is 114 Å². The van der Waals surface area contributed by atoms with Crippen LogP contribution in [0.3, 0.4) is 0 Å². The lowest BCUT2D eigenvalue weighted by molar-refractivity contribution is -0.150. The molecule has 0 radical (unpaired) electrons. The highest BCUT2D eigenvalue weighted by atomic mass is 35.5. The van der Waals surface area contributed by atoms with Crippen molar-refractivity contribution < 1.29 is 14.3 Å². The number of nitrogens with one attached hydrogen (secondary N) is 1. The van der Waals surface area contributed by atoms with E-state index in [2.05, 4.69) is 5.32 Å². The van der Waals surface area contributed by atoms with Crippen LogP contribution in [0.1, 0.15) is 25.1 Å². The molecule has 2 atom stereocenters. The number of carbonyl (C=O) groups is 2. The largest absolute Gasteiger partial charge is 0.466 e. The summed E-state index contributed by atoms with van der Waals surface area (Å²) in [6.07, 6.45) is 0.158. The molecule has 0 aromatic carbocycles. The third kappa shape index (κ3) is 2.24. The van der Waals surface area contributed by atoms with Gasteiger partial charge in [-0.1, -0.05) is 11.6 Å². The van der Waals surface area contributed by atoms with Crippen LogP contribution in [0, 0.1) is 5.92 Å². The van der Waals surface area contributed by atoms with Crippen molar-refractivity contribution in [3.05, 3.63) is 21.3 Å². The van der Waals surface area contributed by atoms with Gasteiger partial charge in [0.15, 0.2) is 0 Å². The first-order valence-corrected chi connectivity index (χ1v) is 6.90. The van der Waals surface area contributed by atoms with E-state index < -0.39 is 11.5 Å². The molecule has 0 saturated carbocycles. The van der Waals surface area contributed by atoms with Gasteiger partial charge in [-0.3, -0.25) is 9.59 Å². The molecule has 0 spiro atoms. The fourth-order valence-corrected chi connectivity index (χ4v) is 3.41. The molecule has 0 bridgehead atoms. The number of halogens is 1. The quantitative estimate of drug-likeness (QED) is 0.868. The Kier molecular flexibility index (Phi) is 3.64. The summed E-state index contributed by atoms with van der Waals surface area (Å²) in [6.45, 7) is 3.90. The minimum atomic E-state index is -0.721. The zero-order chi connectivity index (χ0) is 13.3. The zero-order valence-corrected chi connectivity index (χ0v) is 11.7. The number of hydrogen-bond donors (Lipinski definition) is 1. The van der Waals surface area contributed by atoms with Crippen molar-refractivity contribution in [2.24, 2.45) is 5.92 Å². The van der Waals surface area contributed by atoms with E-state index in [-0.39, 0.29) is 18.3 Å². The molecule has 1 N–H and O–H groups in total. The Morgan fingerprint density at radius 3 is 2.94 bits per heavy atom. The molecule has 1 fully saturated rings. The second-order valence-electron chi connectivity index (χ2n) is 4.36. The summed E-state index contributed by atoms with van der Waals surface area (Å²) in [5, 5.41) is 2.86. The lowest BCUT2D eigenvalue weighted by Gasteiger charge is -2.28. The highest BCUT2D eigenvalue weighted by molar-refractivity contribution is 7.16. The molecule has 1 saturated heterocycles. The zero-order valence-electron chi connectivity index (χ0n) is 10.2. The number of ether oxygens (including phenoxy) is 1. The van der Waals surface area contributed by atoms with Crippen molar-refractivity contribution in [3.63, 3.8) is 0 Å². The molecule has 1 aliphatic rings. The maximum atomic E-state index is 11.9. The van der Waals surface area contributed by atoms with Crippen molar-refractivity contribution in [2.75, 3.05) is 6.61 Å². The Morgan fingerprint density at radius 1 is 1.67 bits per heavy atom. The first-order chi connectivity index (χ1) is 8.47. The van der Waals surface area contributed by atoms with Crippen molar-refractivity contribution in [1.29, 1.82) is 0 Å². The summed E-state index contributed by atoms with van der Waals surface area (Å²) in [4.78, 5) is 24.4. The second-order valence-corrected chi connectivity index (χ2v) is 6.08. The van der Waals surface area contributed by atoms with Crippen LogP contribution in [-0.2, 0) is 19.9 Å². The fraction of sp³-hybridized carbons (Fsp3) is 0.500. The second kappa shape index (κ2) is 4.90. The molecule has 6 heteroatoms. The third-order valence-corrected chi connectivity index (χ3v) is 4.61. The number of thiophene rings is 1. The first kappa shape index (κ1) is 13.4. The van der Waals surface area contributed by atoms with Gasteiger partial charge >= 0.3 is 5.97 Å². The van der Waals surface area contributed by atoms with Gasteiger partial charge in [-0.05, 0) is 26.0 Å². The SMILES string of the molecule is CCOC(=O)C1CC(=O)N[C@]1(C)c1ccc(Cl)s1. The van der Waals surface area contributed by atoms with Gasteiger partial charge in [0.1, 0.15) is 0 Å². The molecule has 1 amide bonds. The molecule has 0 aliphatic carbocycles. The molecule has 2 heterocycles. The lowest BCUT2D eigenvalue weighted by Crippen LogP contribution is -2.42. The standard InChI is InChI=1S/C12H14ClNO3S/c1-3-17-11(16)7-6-10(15)14-12(7,2)8-4-5-9(13)18-8/h4-5,7H,3,6H2,1-2H3,(H,14,15)/t7?,12-/m0/s1. The van der Waals surface area contributed by atoms with Crippen LogP contribution in [-0.4, -0.2) is 18.5 Å². The van der Waals surface area contributed by atoms with E-state index in [9.17, 15) is 9.59 Å². The van der Waals surface area contributed by atoms with Crippen LogP contribution >= 0.6 is 22.9 Å². The molecule has 18 heavy (non-hydrogen) atoms. The number of carbonyl (C=O) groups excluding carboxylic acids is 2. The van der Waals surface area contributed by atoms with Gasteiger partial charge in [0, 0.05) is 11.3 Å². The van der Waals surface area contributed by atoms with Gasteiger partial charge in [0.25, 0.3) is 0 Å². The third-order valence-electron chi connectivity index (χ3n) is 3.14. The maximum Gasteiger partial charge on any atom is 0.312 e. The summed E-state index contributed by atoms with van der Waals surface area (Å²) in [5.41, 5.74) is -0.721. The van der Waals surface area contributed by atoms with E-state index in [0.29, 0.717) is 10.9 Å². The Bertz CT molecular complexity index is 487. The van der Waals surface area contributed by atoms with Gasteiger partial charge in [-0.25, -0.2) is 0 Å². The predicted molar refractivity (Wildman–Crippen MR) is 69.6 cm³/mol. The monoisotopic (exact) mass is 287 g/mol. The Hall–Kier alpha value is -1.07. The van der Waals surface area contributed by atoms with Crippen molar-refractivity contribution in [1.82, 2.24) is 5.32 Å². The van der Waals surface area contributed by atoms with Crippen molar-refractivity contribution in [2.45, 2.75) is 25.8 Å². The number of amides is 1. The molecule has 98 valence electrons. The minimum absolute atomic E-state index is 0.139. The van der Waals surface area contributed by atoms with Gasteiger partial charge in [-0.15, -0.1) is 11.3 Å². The van der Waals surface area contributed by atoms with E-state index in [1.54, 1.807) is 13.0 Å². The average molecular weight is 288 g/mol.